The Hall–Kier alpha value is -2.76. The normalized spacial score (nSPS) is 11.0. The molecule has 0 spiro atoms. The van der Waals surface area contributed by atoms with Crippen molar-refractivity contribution in [3.05, 3.63) is 53.1 Å². The Kier molecular flexibility index (Phi) is 4.79. The van der Waals surface area contributed by atoms with Crippen LogP contribution in [0, 0.1) is 13.8 Å². The van der Waals surface area contributed by atoms with Crippen molar-refractivity contribution in [1.29, 1.82) is 0 Å². The first-order chi connectivity index (χ1) is 12.0. The van der Waals surface area contributed by atoms with Crippen molar-refractivity contribution >= 4 is 16.9 Å². The monoisotopic (exact) mass is 337 g/mol. The van der Waals surface area contributed by atoms with Crippen LogP contribution in [0.4, 0.5) is 0 Å². The number of hydrogen-bond acceptors (Lipinski definition) is 4. The standard InChI is InChI=1S/C19H23N5O/c1-13-16(14(2)24(4)22-13)9-10-19(25)23(3)12-15-11-20-17-7-5-6-8-18(17)21-15/h5-8,11H,9-10,12H2,1-4H3. The van der Waals surface area contributed by atoms with E-state index in [1.165, 1.54) is 0 Å². The Morgan fingerprint density at radius 3 is 2.60 bits per heavy atom. The second-order valence-corrected chi connectivity index (χ2v) is 6.37. The second kappa shape index (κ2) is 7.01. The molecule has 0 saturated carbocycles. The summed E-state index contributed by atoms with van der Waals surface area (Å²) in [5.74, 6) is 0.0950. The van der Waals surface area contributed by atoms with Crippen molar-refractivity contribution < 1.29 is 4.79 Å². The fraction of sp³-hybridized carbons (Fsp3) is 0.368. The molecule has 1 aromatic carbocycles. The maximum Gasteiger partial charge on any atom is 0.222 e. The number of aromatic nitrogens is 4. The summed E-state index contributed by atoms with van der Waals surface area (Å²) in [7, 11) is 3.74. The summed E-state index contributed by atoms with van der Waals surface area (Å²) >= 11 is 0. The van der Waals surface area contributed by atoms with Crippen molar-refractivity contribution in [3.63, 3.8) is 0 Å². The van der Waals surface area contributed by atoms with Crippen molar-refractivity contribution in [1.82, 2.24) is 24.6 Å². The highest BCUT2D eigenvalue weighted by Gasteiger charge is 2.14. The smallest absolute Gasteiger partial charge is 0.222 e. The van der Waals surface area contributed by atoms with E-state index < -0.39 is 0 Å². The SMILES string of the molecule is Cc1nn(C)c(C)c1CCC(=O)N(C)Cc1cnc2ccccc2n1. The Bertz CT molecular complexity index is 915. The highest BCUT2D eigenvalue weighted by molar-refractivity contribution is 5.76. The molecular weight excluding hydrogens is 314 g/mol. The van der Waals surface area contributed by atoms with Crippen LogP contribution in [0.1, 0.15) is 29.1 Å². The Balaban J connectivity index is 1.63. The summed E-state index contributed by atoms with van der Waals surface area (Å²) in [5, 5.41) is 4.40. The number of para-hydroxylation sites is 2. The molecule has 2 aromatic heterocycles. The van der Waals surface area contributed by atoms with Crippen LogP contribution in [0.2, 0.25) is 0 Å². The lowest BCUT2D eigenvalue weighted by atomic mass is 10.1. The molecule has 0 N–H and O–H groups in total. The highest BCUT2D eigenvalue weighted by Crippen LogP contribution is 2.15. The molecule has 0 bridgehead atoms. The first kappa shape index (κ1) is 17.1. The lowest BCUT2D eigenvalue weighted by molar-refractivity contribution is -0.130. The fourth-order valence-electron chi connectivity index (χ4n) is 3.00. The van der Waals surface area contributed by atoms with Crippen LogP contribution in [-0.2, 0) is 24.8 Å². The van der Waals surface area contributed by atoms with Crippen LogP contribution in [0.3, 0.4) is 0 Å². The van der Waals surface area contributed by atoms with E-state index in [9.17, 15) is 4.79 Å². The molecular formula is C19H23N5O. The molecule has 2 heterocycles. The molecule has 0 radical (unpaired) electrons. The minimum Gasteiger partial charge on any atom is -0.340 e. The van der Waals surface area contributed by atoms with E-state index in [-0.39, 0.29) is 5.91 Å². The van der Waals surface area contributed by atoms with Crippen molar-refractivity contribution in [2.24, 2.45) is 7.05 Å². The molecule has 25 heavy (non-hydrogen) atoms. The number of amides is 1. The van der Waals surface area contributed by atoms with Crippen LogP contribution in [0.25, 0.3) is 11.0 Å². The van der Waals surface area contributed by atoms with Gasteiger partial charge in [-0.2, -0.15) is 5.10 Å². The molecule has 0 fully saturated rings. The summed E-state index contributed by atoms with van der Waals surface area (Å²) in [5.41, 5.74) is 5.78. The third-order valence-electron chi connectivity index (χ3n) is 4.57. The fourth-order valence-corrected chi connectivity index (χ4v) is 3.00. The van der Waals surface area contributed by atoms with Gasteiger partial charge < -0.3 is 4.90 Å². The summed E-state index contributed by atoms with van der Waals surface area (Å²) in [6, 6.07) is 7.74. The molecule has 3 rings (SSSR count). The van der Waals surface area contributed by atoms with Gasteiger partial charge in [-0.15, -0.1) is 0 Å². The van der Waals surface area contributed by atoms with Gasteiger partial charge >= 0.3 is 0 Å². The van der Waals surface area contributed by atoms with E-state index >= 15 is 0 Å². The largest absolute Gasteiger partial charge is 0.340 e. The van der Waals surface area contributed by atoms with Gasteiger partial charge in [0.05, 0.1) is 35.2 Å². The third kappa shape index (κ3) is 3.68. The molecule has 6 heteroatoms. The molecule has 0 unspecified atom stereocenters. The second-order valence-electron chi connectivity index (χ2n) is 6.37. The van der Waals surface area contributed by atoms with E-state index in [2.05, 4.69) is 15.1 Å². The number of rotatable bonds is 5. The molecule has 130 valence electrons. The van der Waals surface area contributed by atoms with Gasteiger partial charge in [0.15, 0.2) is 0 Å². The van der Waals surface area contributed by atoms with E-state index in [4.69, 9.17) is 0 Å². The predicted molar refractivity (Wildman–Crippen MR) is 97.0 cm³/mol. The summed E-state index contributed by atoms with van der Waals surface area (Å²) in [6.07, 6.45) is 2.91. The number of nitrogens with zero attached hydrogens (tertiary/aromatic N) is 5. The van der Waals surface area contributed by atoms with E-state index in [0.29, 0.717) is 19.4 Å². The quantitative estimate of drug-likeness (QED) is 0.718. The molecule has 1 amide bonds. The molecule has 0 aliphatic heterocycles. The number of hydrogen-bond donors (Lipinski definition) is 0. The molecule has 0 saturated heterocycles. The number of aryl methyl sites for hydroxylation is 2. The lowest BCUT2D eigenvalue weighted by Gasteiger charge is -2.17. The van der Waals surface area contributed by atoms with Gasteiger partial charge in [-0.05, 0) is 38.0 Å². The molecule has 6 nitrogen and oxygen atoms in total. The van der Waals surface area contributed by atoms with Crippen LogP contribution < -0.4 is 0 Å². The van der Waals surface area contributed by atoms with Gasteiger partial charge in [-0.3, -0.25) is 14.5 Å². The summed E-state index contributed by atoms with van der Waals surface area (Å²) < 4.78 is 1.86. The Labute approximate surface area is 147 Å². The summed E-state index contributed by atoms with van der Waals surface area (Å²) in [6.45, 7) is 4.48. The molecule has 0 aliphatic rings. The van der Waals surface area contributed by atoms with Crippen molar-refractivity contribution in [2.45, 2.75) is 33.2 Å². The average molecular weight is 337 g/mol. The first-order valence-corrected chi connectivity index (χ1v) is 8.39. The number of fused-ring (bicyclic) bond motifs is 1. The van der Waals surface area contributed by atoms with Crippen molar-refractivity contribution in [2.75, 3.05) is 7.05 Å². The number of carbonyl (C=O) groups is 1. The summed E-state index contributed by atoms with van der Waals surface area (Å²) in [4.78, 5) is 23.2. The van der Waals surface area contributed by atoms with Crippen LogP contribution in [0.5, 0.6) is 0 Å². The van der Waals surface area contributed by atoms with Gasteiger partial charge in [0, 0.05) is 26.2 Å². The van der Waals surface area contributed by atoms with Crippen LogP contribution in [-0.4, -0.2) is 37.6 Å². The first-order valence-electron chi connectivity index (χ1n) is 8.39. The zero-order valence-corrected chi connectivity index (χ0v) is 15.2. The van der Waals surface area contributed by atoms with Crippen LogP contribution in [0.15, 0.2) is 30.5 Å². The Morgan fingerprint density at radius 2 is 1.92 bits per heavy atom. The van der Waals surface area contributed by atoms with Crippen LogP contribution >= 0.6 is 0 Å². The maximum absolute atomic E-state index is 12.5. The number of benzene rings is 1. The lowest BCUT2D eigenvalue weighted by Crippen LogP contribution is -2.27. The molecule has 3 aromatic rings. The zero-order chi connectivity index (χ0) is 18.0. The zero-order valence-electron chi connectivity index (χ0n) is 15.2. The molecule has 0 atom stereocenters. The topological polar surface area (TPSA) is 63.9 Å². The van der Waals surface area contributed by atoms with Crippen molar-refractivity contribution in [3.8, 4) is 0 Å². The minimum absolute atomic E-state index is 0.0950. The third-order valence-corrected chi connectivity index (χ3v) is 4.57. The van der Waals surface area contributed by atoms with Gasteiger partial charge in [-0.25, -0.2) is 4.98 Å². The Morgan fingerprint density at radius 1 is 1.20 bits per heavy atom. The van der Waals surface area contributed by atoms with Gasteiger partial charge in [-0.1, -0.05) is 12.1 Å². The minimum atomic E-state index is 0.0950. The molecule has 0 aliphatic carbocycles. The predicted octanol–water partition coefficient (Wildman–Crippen LogP) is 2.57. The maximum atomic E-state index is 12.5. The van der Waals surface area contributed by atoms with Gasteiger partial charge in [0.1, 0.15) is 0 Å². The van der Waals surface area contributed by atoms with Gasteiger partial charge in [0.2, 0.25) is 5.91 Å². The van der Waals surface area contributed by atoms with E-state index in [1.54, 1.807) is 11.1 Å². The average Bonchev–Trinajstić information content (AvgIpc) is 2.84. The number of carbonyl (C=O) groups excluding carboxylic acids is 1. The highest BCUT2D eigenvalue weighted by atomic mass is 16.2. The van der Waals surface area contributed by atoms with E-state index in [1.807, 2.05) is 56.9 Å². The van der Waals surface area contributed by atoms with Gasteiger partial charge in [0.25, 0.3) is 0 Å². The van der Waals surface area contributed by atoms with E-state index in [0.717, 1.165) is 33.7 Å².